The molecule has 0 atom stereocenters. The van der Waals surface area contributed by atoms with Crippen LogP contribution in [0.1, 0.15) is 46.0 Å². The van der Waals surface area contributed by atoms with Gasteiger partial charge in [0.15, 0.2) is 9.84 Å². The summed E-state index contributed by atoms with van der Waals surface area (Å²) in [4.78, 5) is 23.2. The maximum Gasteiger partial charge on any atom is 0.309 e. The summed E-state index contributed by atoms with van der Waals surface area (Å²) in [5.74, 6) is -1.43. The monoisotopic (exact) mass is 305 g/mol. The lowest BCUT2D eigenvalue weighted by atomic mass is 9.89. The van der Waals surface area contributed by atoms with E-state index in [2.05, 4.69) is 5.32 Å². The van der Waals surface area contributed by atoms with Crippen molar-refractivity contribution in [1.82, 2.24) is 5.32 Å². The maximum atomic E-state index is 12.2. The second-order valence-corrected chi connectivity index (χ2v) is 8.49. The lowest BCUT2D eigenvalue weighted by molar-refractivity contribution is -0.147. The highest BCUT2D eigenvalue weighted by molar-refractivity contribution is 7.92. The van der Waals surface area contributed by atoms with Gasteiger partial charge in [-0.3, -0.25) is 9.59 Å². The average Bonchev–Trinajstić information content (AvgIpc) is 2.77. The third kappa shape index (κ3) is 3.31. The number of carbonyl (C=O) groups excluding carboxylic acids is 1. The molecular formula is C13H23NO5S. The van der Waals surface area contributed by atoms with Crippen LogP contribution in [0.4, 0.5) is 0 Å². The zero-order valence-electron chi connectivity index (χ0n) is 12.2. The molecule has 0 aliphatic heterocycles. The molecular weight excluding hydrogens is 282 g/mol. The fraction of sp³-hybridized carbons (Fsp3) is 0.846. The smallest absolute Gasteiger partial charge is 0.309 e. The SMILES string of the molecule is CC(C)(CCNC(=O)C1(S(C)(=O)=O)CCCC1)C(=O)O. The number of nitrogens with one attached hydrogen (secondary N) is 1. The van der Waals surface area contributed by atoms with Crippen LogP contribution in [0.2, 0.25) is 0 Å². The summed E-state index contributed by atoms with van der Waals surface area (Å²) in [6, 6.07) is 0. The van der Waals surface area contributed by atoms with Gasteiger partial charge in [0.2, 0.25) is 5.91 Å². The van der Waals surface area contributed by atoms with Gasteiger partial charge in [-0.1, -0.05) is 12.8 Å². The van der Waals surface area contributed by atoms with E-state index in [1.807, 2.05) is 0 Å². The largest absolute Gasteiger partial charge is 0.481 e. The summed E-state index contributed by atoms with van der Waals surface area (Å²) in [6.45, 7) is 3.31. The van der Waals surface area contributed by atoms with Gasteiger partial charge in [0.1, 0.15) is 4.75 Å². The van der Waals surface area contributed by atoms with Gasteiger partial charge < -0.3 is 10.4 Å². The van der Waals surface area contributed by atoms with Crippen LogP contribution in [0.25, 0.3) is 0 Å². The lowest BCUT2D eigenvalue weighted by Crippen LogP contribution is -2.50. The third-order valence-electron chi connectivity index (χ3n) is 4.15. The molecule has 1 aliphatic rings. The van der Waals surface area contributed by atoms with Crippen LogP contribution in [0.5, 0.6) is 0 Å². The molecule has 1 rings (SSSR count). The Morgan fingerprint density at radius 3 is 2.15 bits per heavy atom. The van der Waals surface area contributed by atoms with E-state index >= 15 is 0 Å². The van der Waals surface area contributed by atoms with E-state index in [4.69, 9.17) is 5.11 Å². The molecule has 0 aromatic carbocycles. The predicted molar refractivity (Wildman–Crippen MR) is 75.1 cm³/mol. The van der Waals surface area contributed by atoms with Crippen molar-refractivity contribution >= 4 is 21.7 Å². The van der Waals surface area contributed by atoms with E-state index in [0.29, 0.717) is 12.8 Å². The average molecular weight is 305 g/mol. The highest BCUT2D eigenvalue weighted by Gasteiger charge is 2.49. The second kappa shape index (κ2) is 5.71. The molecule has 116 valence electrons. The number of aliphatic carboxylic acids is 1. The molecule has 1 fully saturated rings. The van der Waals surface area contributed by atoms with E-state index in [9.17, 15) is 18.0 Å². The van der Waals surface area contributed by atoms with Crippen LogP contribution in [0.3, 0.4) is 0 Å². The number of sulfone groups is 1. The van der Waals surface area contributed by atoms with Crippen LogP contribution < -0.4 is 5.32 Å². The highest BCUT2D eigenvalue weighted by atomic mass is 32.2. The maximum absolute atomic E-state index is 12.2. The number of hydrogen-bond acceptors (Lipinski definition) is 4. The molecule has 0 saturated heterocycles. The first-order valence-electron chi connectivity index (χ1n) is 6.74. The first kappa shape index (κ1) is 16.9. The van der Waals surface area contributed by atoms with E-state index in [0.717, 1.165) is 19.1 Å². The number of carboxylic acids is 1. The standard InChI is InChI=1S/C13H23NO5S/c1-12(2,11(16)17)8-9-14-10(15)13(20(3,18)19)6-4-5-7-13/h4-9H2,1-3H3,(H,14,15)(H,16,17). The van der Waals surface area contributed by atoms with Gasteiger partial charge in [0, 0.05) is 12.8 Å². The van der Waals surface area contributed by atoms with Gasteiger partial charge in [0.05, 0.1) is 5.41 Å². The Kier molecular flexibility index (Phi) is 4.84. The lowest BCUT2D eigenvalue weighted by Gasteiger charge is -2.26. The van der Waals surface area contributed by atoms with Crippen molar-refractivity contribution in [2.45, 2.75) is 50.7 Å². The number of hydrogen-bond donors (Lipinski definition) is 2. The van der Waals surface area contributed by atoms with Crippen LogP contribution >= 0.6 is 0 Å². The topological polar surface area (TPSA) is 101 Å². The molecule has 6 nitrogen and oxygen atoms in total. The summed E-state index contributed by atoms with van der Waals surface area (Å²) in [7, 11) is -3.47. The fourth-order valence-electron chi connectivity index (χ4n) is 2.47. The van der Waals surface area contributed by atoms with Crippen molar-refractivity contribution in [3.8, 4) is 0 Å². The highest BCUT2D eigenvalue weighted by Crippen LogP contribution is 2.36. The van der Waals surface area contributed by atoms with Crippen LogP contribution in [0.15, 0.2) is 0 Å². The van der Waals surface area contributed by atoms with E-state index in [1.165, 1.54) is 0 Å². The molecule has 20 heavy (non-hydrogen) atoms. The summed E-state index contributed by atoms with van der Waals surface area (Å²) in [6.07, 6.45) is 3.50. The second-order valence-electron chi connectivity index (χ2n) is 6.17. The minimum Gasteiger partial charge on any atom is -0.481 e. The number of rotatable bonds is 6. The van der Waals surface area contributed by atoms with E-state index in [-0.39, 0.29) is 13.0 Å². The molecule has 0 spiro atoms. The molecule has 0 unspecified atom stereocenters. The van der Waals surface area contributed by atoms with Gasteiger partial charge in [-0.2, -0.15) is 0 Å². The van der Waals surface area contributed by atoms with E-state index < -0.39 is 31.9 Å². The van der Waals surface area contributed by atoms with Crippen molar-refractivity contribution in [2.75, 3.05) is 12.8 Å². The van der Waals surface area contributed by atoms with Gasteiger partial charge >= 0.3 is 5.97 Å². The predicted octanol–water partition coefficient (Wildman–Crippen LogP) is 0.961. The molecule has 7 heteroatoms. The summed E-state index contributed by atoms with van der Waals surface area (Å²) in [5.41, 5.74) is -0.943. The molecule has 1 saturated carbocycles. The Balaban J connectivity index is 2.69. The molecule has 1 aliphatic carbocycles. The zero-order chi connectivity index (χ0) is 15.6. The quantitative estimate of drug-likeness (QED) is 0.761. The van der Waals surface area contributed by atoms with Crippen LogP contribution in [-0.2, 0) is 19.4 Å². The molecule has 0 aromatic rings. The molecule has 0 radical (unpaired) electrons. The minimum absolute atomic E-state index is 0.162. The molecule has 1 amide bonds. The van der Waals surface area contributed by atoms with Gasteiger partial charge in [0.25, 0.3) is 0 Å². The fourth-order valence-corrected chi connectivity index (χ4v) is 3.91. The molecule has 0 heterocycles. The van der Waals surface area contributed by atoms with Crippen molar-refractivity contribution < 1.29 is 23.1 Å². The van der Waals surface area contributed by atoms with Crippen molar-refractivity contribution in [3.63, 3.8) is 0 Å². The first-order chi connectivity index (χ1) is 9.03. The molecule has 2 N–H and O–H groups in total. The van der Waals surface area contributed by atoms with Gasteiger partial charge in [-0.25, -0.2) is 8.42 Å². The number of carbonyl (C=O) groups is 2. The first-order valence-corrected chi connectivity index (χ1v) is 8.63. The van der Waals surface area contributed by atoms with E-state index in [1.54, 1.807) is 13.8 Å². The molecule has 0 aromatic heterocycles. The van der Waals surface area contributed by atoms with Crippen molar-refractivity contribution in [3.05, 3.63) is 0 Å². The molecule has 0 bridgehead atoms. The Morgan fingerprint density at radius 1 is 1.25 bits per heavy atom. The van der Waals surface area contributed by atoms with Crippen LogP contribution in [0, 0.1) is 5.41 Å². The number of carboxylic acid groups (broad SMARTS) is 1. The third-order valence-corrected chi connectivity index (χ3v) is 6.16. The Labute approximate surface area is 119 Å². The van der Waals surface area contributed by atoms with Crippen LogP contribution in [-0.4, -0.2) is 42.9 Å². The Bertz CT molecular complexity index is 489. The normalized spacial score (nSPS) is 18.8. The van der Waals surface area contributed by atoms with Gasteiger partial charge in [-0.15, -0.1) is 0 Å². The minimum atomic E-state index is -3.47. The summed E-state index contributed by atoms with van der Waals surface area (Å²) >= 11 is 0. The van der Waals surface area contributed by atoms with Gasteiger partial charge in [-0.05, 0) is 33.1 Å². The Hall–Kier alpha value is -1.11. The van der Waals surface area contributed by atoms with Crippen molar-refractivity contribution in [2.24, 2.45) is 5.41 Å². The van der Waals surface area contributed by atoms with Crippen molar-refractivity contribution in [1.29, 1.82) is 0 Å². The number of amides is 1. The Morgan fingerprint density at radius 2 is 1.75 bits per heavy atom. The summed E-state index contributed by atoms with van der Waals surface area (Å²) in [5, 5.41) is 11.6. The zero-order valence-corrected chi connectivity index (χ0v) is 13.0. The summed E-state index contributed by atoms with van der Waals surface area (Å²) < 4.78 is 22.5.